The lowest BCUT2D eigenvalue weighted by atomic mass is 9.90. The average molecular weight is 542 g/mol. The Hall–Kier alpha value is -4.12. The molecular weight excluding hydrogens is 506 g/mol. The van der Waals surface area contributed by atoms with Gasteiger partial charge in [0.25, 0.3) is 5.91 Å². The fraction of sp³-hybridized carbons (Fsp3) is 0.250. The topological polar surface area (TPSA) is 88.2 Å². The summed E-state index contributed by atoms with van der Waals surface area (Å²) in [4.78, 5) is 36.0. The summed E-state index contributed by atoms with van der Waals surface area (Å²) in [6.45, 7) is 10.4. The quantitative estimate of drug-likeness (QED) is 0.162. The molecule has 2 N–H and O–H groups in total. The van der Waals surface area contributed by atoms with Gasteiger partial charge in [0.05, 0.1) is 12.2 Å². The Morgan fingerprint density at radius 1 is 1.18 bits per heavy atom. The van der Waals surface area contributed by atoms with Crippen LogP contribution >= 0.6 is 11.3 Å². The fourth-order valence-electron chi connectivity index (χ4n) is 3.65. The number of allylic oxidation sites excluding steroid dienone is 1. The molecule has 1 aliphatic carbocycles. The zero-order valence-corrected chi connectivity index (χ0v) is 23.7. The number of carbonyl (C=O) groups is 3. The Kier molecular flexibility index (Phi) is 12.7. The minimum atomic E-state index is -0.765. The monoisotopic (exact) mass is 541 g/mol. The number of para-hydroxylation sites is 1. The van der Waals surface area contributed by atoms with Gasteiger partial charge in [-0.1, -0.05) is 68.0 Å². The molecule has 0 atom stereocenters. The molecular formula is C32H35N3O3S. The van der Waals surface area contributed by atoms with E-state index in [4.69, 9.17) is 0 Å². The maximum Gasteiger partial charge on any atom is 0.288 e. The van der Waals surface area contributed by atoms with Crippen molar-refractivity contribution in [1.29, 1.82) is 0 Å². The van der Waals surface area contributed by atoms with Crippen molar-refractivity contribution in [3.05, 3.63) is 94.0 Å². The van der Waals surface area contributed by atoms with Gasteiger partial charge in [0.1, 0.15) is 0 Å². The molecule has 0 bridgehead atoms. The van der Waals surface area contributed by atoms with Crippen molar-refractivity contribution in [3.8, 4) is 11.8 Å². The number of thiazole rings is 1. The highest BCUT2D eigenvalue weighted by Gasteiger charge is 2.40. The summed E-state index contributed by atoms with van der Waals surface area (Å²) in [6, 6.07) is 13.1. The number of hydrogen-bond donors (Lipinski definition) is 2. The molecule has 0 unspecified atom stereocenters. The Balaban J connectivity index is 0.000000210. The number of benzene rings is 2. The highest BCUT2D eigenvalue weighted by atomic mass is 32.1. The minimum absolute atomic E-state index is 0.160. The van der Waals surface area contributed by atoms with Gasteiger partial charge in [-0.2, -0.15) is 0 Å². The molecule has 0 spiro atoms. The normalized spacial score (nSPS) is 12.4. The van der Waals surface area contributed by atoms with E-state index in [1.807, 2.05) is 18.5 Å². The molecule has 0 saturated heterocycles. The number of aldehydes is 1. The van der Waals surface area contributed by atoms with Crippen molar-refractivity contribution in [1.82, 2.24) is 10.3 Å². The molecule has 1 fully saturated rings. The van der Waals surface area contributed by atoms with Crippen molar-refractivity contribution in [3.63, 3.8) is 0 Å². The maximum absolute atomic E-state index is 11.1. The van der Waals surface area contributed by atoms with Gasteiger partial charge < -0.3 is 10.6 Å². The Labute approximate surface area is 235 Å². The second kappa shape index (κ2) is 16.0. The zero-order chi connectivity index (χ0) is 28.7. The number of Topliss-reactive ketones (excluding diaryl/α,β-unsaturated/α-hetero) is 1. The summed E-state index contributed by atoms with van der Waals surface area (Å²) in [5.74, 6) is 4.92. The molecule has 4 rings (SSSR count). The van der Waals surface area contributed by atoms with Crippen LogP contribution in [-0.2, 0) is 15.0 Å². The minimum Gasteiger partial charge on any atom is -0.319 e. The molecule has 0 aliphatic heterocycles. The van der Waals surface area contributed by atoms with Crippen molar-refractivity contribution < 1.29 is 14.4 Å². The fourth-order valence-corrected chi connectivity index (χ4v) is 4.15. The van der Waals surface area contributed by atoms with Crippen molar-refractivity contribution in [2.75, 3.05) is 18.9 Å². The van der Waals surface area contributed by atoms with Crippen LogP contribution < -0.4 is 10.6 Å². The van der Waals surface area contributed by atoms with Crippen LogP contribution in [0.3, 0.4) is 0 Å². The molecule has 39 heavy (non-hydrogen) atoms. The van der Waals surface area contributed by atoms with Crippen molar-refractivity contribution in [2.24, 2.45) is 0 Å². The Morgan fingerprint density at radius 3 is 2.49 bits per heavy atom. The predicted octanol–water partition coefficient (Wildman–Crippen LogP) is 6.15. The molecule has 7 heteroatoms. The van der Waals surface area contributed by atoms with Gasteiger partial charge in [-0.3, -0.25) is 14.4 Å². The first-order valence-corrected chi connectivity index (χ1v) is 13.4. The smallest absolute Gasteiger partial charge is 0.288 e. The van der Waals surface area contributed by atoms with Crippen molar-refractivity contribution in [2.45, 2.75) is 39.0 Å². The van der Waals surface area contributed by atoms with Gasteiger partial charge in [0.2, 0.25) is 6.29 Å². The third-order valence-electron chi connectivity index (χ3n) is 5.91. The first-order valence-electron chi connectivity index (χ1n) is 12.6. The summed E-state index contributed by atoms with van der Waals surface area (Å²) in [5, 5.41) is 8.05. The number of nitrogens with zero attached hydrogens (tertiary/aromatic N) is 1. The number of ketones is 1. The molecule has 3 aromatic rings. The number of anilines is 1. The summed E-state index contributed by atoms with van der Waals surface area (Å²) in [7, 11) is 1.87. The van der Waals surface area contributed by atoms with Crippen LogP contribution in [0.25, 0.3) is 12.2 Å². The summed E-state index contributed by atoms with van der Waals surface area (Å²) in [5.41, 5.74) is 5.26. The van der Waals surface area contributed by atoms with E-state index in [0.29, 0.717) is 16.7 Å². The van der Waals surface area contributed by atoms with Crippen LogP contribution in [0.4, 0.5) is 5.69 Å². The largest absolute Gasteiger partial charge is 0.319 e. The van der Waals surface area contributed by atoms with E-state index < -0.39 is 5.91 Å². The molecule has 1 aromatic heterocycles. The number of carbonyl (C=O) groups excluding carboxylic acids is 3. The Bertz CT molecular complexity index is 1360. The van der Waals surface area contributed by atoms with E-state index in [-0.39, 0.29) is 12.1 Å². The third-order valence-corrected chi connectivity index (χ3v) is 6.60. The molecule has 1 aliphatic rings. The average Bonchev–Trinajstić information content (AvgIpc) is 3.47. The predicted molar refractivity (Wildman–Crippen MR) is 162 cm³/mol. The van der Waals surface area contributed by atoms with Gasteiger partial charge in [0.15, 0.2) is 10.8 Å². The summed E-state index contributed by atoms with van der Waals surface area (Å²) in [6.07, 6.45) is 10.8. The maximum atomic E-state index is 11.1. The molecule has 1 saturated carbocycles. The first-order chi connectivity index (χ1) is 18.8. The number of rotatable bonds is 7. The van der Waals surface area contributed by atoms with Crippen LogP contribution in [0.2, 0.25) is 0 Å². The Morgan fingerprint density at radius 2 is 1.92 bits per heavy atom. The first kappa shape index (κ1) is 31.1. The highest BCUT2D eigenvalue weighted by Crippen LogP contribution is 2.49. The van der Waals surface area contributed by atoms with Gasteiger partial charge in [-0.25, -0.2) is 4.98 Å². The molecule has 1 amide bonds. The van der Waals surface area contributed by atoms with Crippen LogP contribution in [0.15, 0.2) is 66.7 Å². The van der Waals surface area contributed by atoms with Gasteiger partial charge >= 0.3 is 0 Å². The van der Waals surface area contributed by atoms with Gasteiger partial charge in [-0.05, 0) is 73.9 Å². The van der Waals surface area contributed by atoms with E-state index in [0.717, 1.165) is 11.6 Å². The molecule has 0 radical (unpaired) electrons. The van der Waals surface area contributed by atoms with Crippen LogP contribution in [0, 0.1) is 11.8 Å². The summed E-state index contributed by atoms with van der Waals surface area (Å²) >= 11 is 1.56. The number of hydrogen-bond acceptors (Lipinski definition) is 6. The third kappa shape index (κ3) is 9.93. The van der Waals surface area contributed by atoms with E-state index in [9.17, 15) is 14.4 Å². The van der Waals surface area contributed by atoms with Crippen molar-refractivity contribution >= 4 is 47.2 Å². The van der Waals surface area contributed by atoms with E-state index in [1.54, 1.807) is 41.8 Å². The molecule has 1 heterocycles. The highest BCUT2D eigenvalue weighted by molar-refractivity contribution is 7.10. The van der Waals surface area contributed by atoms with E-state index >= 15 is 0 Å². The van der Waals surface area contributed by atoms with E-state index in [1.165, 1.54) is 36.5 Å². The van der Waals surface area contributed by atoms with Crippen LogP contribution in [-0.4, -0.2) is 36.6 Å². The standard InChI is InChI=1S/C15H18.C10H9NO3.C7H8N2S/c1-4-7-13-12(5-2)8-6-9-14(13)15(3)10-11-15;1-7(13)8-4-2-3-5-9(8)11-10(14)6-12;1-8-4-2-3-7-9-5-6-10-7/h4-9H,2,10-11H2,1,3H3;2-6H,1H3,(H,11,14);5-6,8H,4H2,1H3/b7-4-;;. The van der Waals surface area contributed by atoms with Crippen LogP contribution in [0.5, 0.6) is 0 Å². The molecule has 202 valence electrons. The zero-order valence-electron chi connectivity index (χ0n) is 22.9. The lowest BCUT2D eigenvalue weighted by molar-refractivity contribution is -0.127. The van der Waals surface area contributed by atoms with Crippen LogP contribution in [0.1, 0.15) is 65.7 Å². The lowest BCUT2D eigenvalue weighted by Crippen LogP contribution is -2.14. The number of nitrogens with one attached hydrogen (secondary N) is 2. The second-order valence-electron chi connectivity index (χ2n) is 8.95. The lowest BCUT2D eigenvalue weighted by Gasteiger charge is -2.15. The number of aromatic nitrogens is 1. The SMILES string of the molecule is C=Cc1cccc(C2(C)CC2)c1/C=C\C.CC(=O)c1ccccc1NC(=O)C=O.CNCC#Cc1nccs1. The number of amides is 1. The summed E-state index contributed by atoms with van der Waals surface area (Å²) < 4.78 is 0. The second-order valence-corrected chi connectivity index (χ2v) is 9.85. The van der Waals surface area contributed by atoms with Gasteiger partial charge in [-0.15, -0.1) is 11.3 Å². The van der Waals surface area contributed by atoms with E-state index in [2.05, 4.69) is 78.2 Å². The molecule has 6 nitrogen and oxygen atoms in total. The molecule has 2 aromatic carbocycles. The van der Waals surface area contributed by atoms with Gasteiger partial charge in [0, 0.05) is 17.1 Å².